The topological polar surface area (TPSA) is 48.7 Å². The van der Waals surface area contributed by atoms with E-state index in [1.54, 1.807) is 38.5 Å². The normalized spacial score (nSPS) is 11.6. The van der Waals surface area contributed by atoms with E-state index in [9.17, 15) is 4.79 Å². The fraction of sp³-hybridized carbons (Fsp3) is 0.188. The summed E-state index contributed by atoms with van der Waals surface area (Å²) in [6.45, 7) is 0. The maximum atomic E-state index is 12.5. The third kappa shape index (κ3) is 1.90. The molecule has 0 aliphatic rings. The van der Waals surface area contributed by atoms with E-state index in [-0.39, 0.29) is 5.43 Å². The molecule has 2 aromatic carbocycles. The zero-order valence-electron chi connectivity index (χ0n) is 11.3. The number of ether oxygens (including phenoxy) is 2. The second-order valence-electron chi connectivity index (χ2n) is 4.45. The summed E-state index contributed by atoms with van der Waals surface area (Å²) in [5, 5.41) is 1.10. The molecular formula is C16H14O4. The highest BCUT2D eigenvalue weighted by Gasteiger charge is 2.17. The summed E-state index contributed by atoms with van der Waals surface area (Å²) >= 11 is 0. The van der Waals surface area contributed by atoms with E-state index in [2.05, 4.69) is 0 Å². The fourth-order valence-corrected chi connectivity index (χ4v) is 2.38. The Hall–Kier alpha value is -2.17. The van der Waals surface area contributed by atoms with Gasteiger partial charge in [0.1, 0.15) is 11.2 Å². The van der Waals surface area contributed by atoms with Crippen LogP contribution in [0.5, 0.6) is 0 Å². The van der Waals surface area contributed by atoms with E-state index in [1.807, 2.05) is 18.2 Å². The van der Waals surface area contributed by atoms with Gasteiger partial charge in [0.15, 0.2) is 6.29 Å². The van der Waals surface area contributed by atoms with Crippen LogP contribution in [0.15, 0.2) is 51.7 Å². The summed E-state index contributed by atoms with van der Waals surface area (Å²) in [6, 6.07) is 12.6. The second-order valence-corrected chi connectivity index (χ2v) is 4.45. The van der Waals surface area contributed by atoms with Crippen LogP contribution in [0, 0.1) is 0 Å². The van der Waals surface area contributed by atoms with Crippen molar-refractivity contribution < 1.29 is 13.9 Å². The summed E-state index contributed by atoms with van der Waals surface area (Å²) in [6.07, 6.45) is -0.567. The summed E-state index contributed by atoms with van der Waals surface area (Å²) in [7, 11) is 3.10. The molecule has 3 aromatic rings. The Morgan fingerprint density at radius 3 is 2.40 bits per heavy atom. The van der Waals surface area contributed by atoms with Crippen molar-refractivity contribution >= 4 is 21.9 Å². The minimum absolute atomic E-state index is 0.0466. The van der Waals surface area contributed by atoms with Crippen molar-refractivity contribution in [3.05, 3.63) is 58.3 Å². The first kappa shape index (κ1) is 12.8. The predicted octanol–water partition coefficient (Wildman–Crippen LogP) is 3.24. The van der Waals surface area contributed by atoms with Gasteiger partial charge in [-0.25, -0.2) is 0 Å². The highest BCUT2D eigenvalue weighted by atomic mass is 16.7. The number of hydrogen-bond donors (Lipinski definition) is 0. The first-order chi connectivity index (χ1) is 9.76. The van der Waals surface area contributed by atoms with Gasteiger partial charge in [-0.1, -0.05) is 24.3 Å². The molecule has 0 atom stereocenters. The predicted molar refractivity (Wildman–Crippen MR) is 76.7 cm³/mol. The van der Waals surface area contributed by atoms with Crippen LogP contribution in [-0.4, -0.2) is 14.2 Å². The lowest BCUT2D eigenvalue weighted by molar-refractivity contribution is -0.105. The molecule has 0 saturated heterocycles. The van der Waals surface area contributed by atoms with Crippen LogP contribution in [0.25, 0.3) is 21.9 Å². The molecule has 1 aromatic heterocycles. The number of para-hydroxylation sites is 2. The zero-order chi connectivity index (χ0) is 14.1. The Morgan fingerprint density at radius 2 is 1.65 bits per heavy atom. The van der Waals surface area contributed by atoms with Gasteiger partial charge in [-0.15, -0.1) is 0 Å². The van der Waals surface area contributed by atoms with Crippen molar-refractivity contribution in [2.24, 2.45) is 0 Å². The van der Waals surface area contributed by atoms with E-state index in [1.165, 1.54) is 0 Å². The van der Waals surface area contributed by atoms with Crippen molar-refractivity contribution in [3.8, 4) is 0 Å². The molecule has 0 saturated carbocycles. The average Bonchev–Trinajstić information content (AvgIpc) is 2.49. The summed E-state index contributed by atoms with van der Waals surface area (Å²) in [5.41, 5.74) is 1.72. The minimum Gasteiger partial charge on any atom is -0.455 e. The molecule has 0 unspecified atom stereocenters. The molecule has 0 spiro atoms. The Bertz CT molecular complexity index is 815. The first-order valence-electron chi connectivity index (χ1n) is 6.26. The number of rotatable bonds is 3. The van der Waals surface area contributed by atoms with Gasteiger partial charge in [0.25, 0.3) is 0 Å². The molecule has 0 radical (unpaired) electrons. The molecule has 0 bridgehead atoms. The Morgan fingerprint density at radius 1 is 0.950 bits per heavy atom. The summed E-state index contributed by atoms with van der Waals surface area (Å²) in [4.78, 5) is 12.5. The highest BCUT2D eigenvalue weighted by Crippen LogP contribution is 2.27. The largest absolute Gasteiger partial charge is 0.455 e. The lowest BCUT2D eigenvalue weighted by atomic mass is 10.1. The third-order valence-electron chi connectivity index (χ3n) is 3.32. The number of methoxy groups -OCH3 is 2. The maximum absolute atomic E-state index is 12.5. The lowest BCUT2D eigenvalue weighted by Crippen LogP contribution is -2.08. The van der Waals surface area contributed by atoms with E-state index in [4.69, 9.17) is 13.9 Å². The molecular weight excluding hydrogens is 256 g/mol. The van der Waals surface area contributed by atoms with Gasteiger partial charge >= 0.3 is 0 Å². The van der Waals surface area contributed by atoms with E-state index in [0.29, 0.717) is 27.5 Å². The number of benzene rings is 2. The molecule has 3 rings (SSSR count). The van der Waals surface area contributed by atoms with Crippen LogP contribution in [0.1, 0.15) is 11.9 Å². The molecule has 102 valence electrons. The Kier molecular flexibility index (Phi) is 3.26. The smallest absolute Gasteiger partial charge is 0.200 e. The van der Waals surface area contributed by atoms with Crippen LogP contribution in [0.3, 0.4) is 0 Å². The zero-order valence-corrected chi connectivity index (χ0v) is 11.3. The van der Waals surface area contributed by atoms with Crippen molar-refractivity contribution in [1.82, 2.24) is 0 Å². The van der Waals surface area contributed by atoms with Crippen LogP contribution in [0.2, 0.25) is 0 Å². The lowest BCUT2D eigenvalue weighted by Gasteiger charge is -2.15. The van der Waals surface area contributed by atoms with Gasteiger partial charge in [0.05, 0.1) is 16.3 Å². The van der Waals surface area contributed by atoms with Crippen LogP contribution in [0.4, 0.5) is 0 Å². The quantitative estimate of drug-likeness (QED) is 0.541. The molecule has 0 aliphatic heterocycles. The Labute approximate surface area is 115 Å². The van der Waals surface area contributed by atoms with Gasteiger partial charge in [0.2, 0.25) is 5.43 Å². The average molecular weight is 270 g/mol. The van der Waals surface area contributed by atoms with Gasteiger partial charge in [0, 0.05) is 14.2 Å². The van der Waals surface area contributed by atoms with E-state index < -0.39 is 6.29 Å². The Balaban J connectivity index is 2.43. The standard InChI is InChI=1S/C16H14O4/c1-18-16(19-2)12-8-5-7-11-14(17)10-6-3-4-9-13(10)20-15(11)12/h3-9,16H,1-2H3. The summed E-state index contributed by atoms with van der Waals surface area (Å²) < 4.78 is 16.4. The molecule has 20 heavy (non-hydrogen) atoms. The highest BCUT2D eigenvalue weighted by molar-refractivity contribution is 5.91. The maximum Gasteiger partial charge on any atom is 0.200 e. The van der Waals surface area contributed by atoms with Crippen LogP contribution < -0.4 is 5.43 Å². The van der Waals surface area contributed by atoms with Crippen LogP contribution >= 0.6 is 0 Å². The van der Waals surface area contributed by atoms with Gasteiger partial charge < -0.3 is 13.9 Å². The molecule has 0 amide bonds. The molecule has 0 fully saturated rings. The van der Waals surface area contributed by atoms with Crippen molar-refractivity contribution in [3.63, 3.8) is 0 Å². The van der Waals surface area contributed by atoms with Gasteiger partial charge in [-0.2, -0.15) is 0 Å². The monoisotopic (exact) mass is 270 g/mol. The number of hydrogen-bond acceptors (Lipinski definition) is 4. The second kappa shape index (κ2) is 5.07. The minimum atomic E-state index is -0.567. The first-order valence-corrected chi connectivity index (χ1v) is 6.26. The van der Waals surface area contributed by atoms with Gasteiger partial charge in [-0.05, 0) is 18.2 Å². The molecule has 0 N–H and O–H groups in total. The molecule has 4 nitrogen and oxygen atoms in total. The number of fused-ring (bicyclic) bond motifs is 2. The molecule has 4 heteroatoms. The fourth-order valence-electron chi connectivity index (χ4n) is 2.38. The van der Waals surface area contributed by atoms with E-state index in [0.717, 1.165) is 0 Å². The summed E-state index contributed by atoms with van der Waals surface area (Å²) in [5.74, 6) is 0. The van der Waals surface area contributed by atoms with Crippen molar-refractivity contribution in [2.75, 3.05) is 14.2 Å². The van der Waals surface area contributed by atoms with E-state index >= 15 is 0 Å². The van der Waals surface area contributed by atoms with Crippen molar-refractivity contribution in [2.45, 2.75) is 6.29 Å². The SMILES string of the molecule is COC(OC)c1cccc2c(=O)c3ccccc3oc12. The van der Waals surface area contributed by atoms with Crippen LogP contribution in [-0.2, 0) is 9.47 Å². The van der Waals surface area contributed by atoms with Gasteiger partial charge in [-0.3, -0.25) is 4.79 Å². The molecule has 1 heterocycles. The van der Waals surface area contributed by atoms with Crippen molar-refractivity contribution in [1.29, 1.82) is 0 Å². The third-order valence-corrected chi connectivity index (χ3v) is 3.32. The molecule has 0 aliphatic carbocycles.